The molecule has 0 heterocycles. The Hall–Kier alpha value is -3.72. The van der Waals surface area contributed by atoms with Gasteiger partial charge in [-0.2, -0.15) is 0 Å². The standard InChI is InChI=1S/C33H40FN3O4S/c1-4-26-10-6-9-13-31(26)37(42(40,41)29-20-14-24(3)15-21-29)23-32(38)36(22-25-16-18-27(34)19-17-25)30(5-2)33(39)35-28-11-7-8-12-28/h6,9-10,13-21,28,30H,4-5,7-8,11-12,22-23H2,1-3H3,(H,35,39)/t30-/m0/s1. The van der Waals surface area contributed by atoms with Crippen molar-refractivity contribution in [3.05, 3.63) is 95.3 Å². The van der Waals surface area contributed by atoms with Crippen LogP contribution in [0, 0.1) is 12.7 Å². The Balaban J connectivity index is 1.74. The van der Waals surface area contributed by atoms with Crippen LogP contribution in [0.1, 0.15) is 62.6 Å². The fourth-order valence-electron chi connectivity index (χ4n) is 5.48. The molecule has 1 N–H and O–H groups in total. The van der Waals surface area contributed by atoms with Gasteiger partial charge in [-0.3, -0.25) is 13.9 Å². The maximum absolute atomic E-state index is 14.2. The number of hydrogen-bond acceptors (Lipinski definition) is 4. The van der Waals surface area contributed by atoms with Crippen LogP contribution in [0.15, 0.2) is 77.7 Å². The second-order valence-electron chi connectivity index (χ2n) is 10.9. The number of nitrogens with zero attached hydrogens (tertiary/aromatic N) is 2. The van der Waals surface area contributed by atoms with Crippen LogP contribution in [0.5, 0.6) is 0 Å². The number of carbonyl (C=O) groups is 2. The molecule has 1 saturated carbocycles. The third-order valence-electron chi connectivity index (χ3n) is 7.88. The predicted molar refractivity (Wildman–Crippen MR) is 163 cm³/mol. The fraction of sp³-hybridized carbons (Fsp3) is 0.394. The fourth-order valence-corrected chi connectivity index (χ4v) is 6.93. The molecule has 42 heavy (non-hydrogen) atoms. The minimum absolute atomic E-state index is 0.0313. The monoisotopic (exact) mass is 593 g/mol. The highest BCUT2D eigenvalue weighted by Gasteiger charge is 2.35. The van der Waals surface area contributed by atoms with Crippen molar-refractivity contribution in [2.24, 2.45) is 0 Å². The first-order valence-electron chi connectivity index (χ1n) is 14.7. The zero-order valence-electron chi connectivity index (χ0n) is 24.6. The maximum Gasteiger partial charge on any atom is 0.264 e. The lowest BCUT2D eigenvalue weighted by Gasteiger charge is -2.34. The predicted octanol–water partition coefficient (Wildman–Crippen LogP) is 5.76. The average molecular weight is 594 g/mol. The second-order valence-corrected chi connectivity index (χ2v) is 12.7. The molecule has 3 aromatic rings. The number of hydrogen-bond donors (Lipinski definition) is 1. The summed E-state index contributed by atoms with van der Waals surface area (Å²) in [6.45, 7) is 5.17. The van der Waals surface area contributed by atoms with Crippen molar-refractivity contribution in [2.45, 2.75) is 82.8 Å². The number of aryl methyl sites for hydroxylation is 2. The smallest absolute Gasteiger partial charge is 0.264 e. The van der Waals surface area contributed by atoms with Crippen molar-refractivity contribution in [3.63, 3.8) is 0 Å². The number of amides is 2. The molecule has 7 nitrogen and oxygen atoms in total. The zero-order valence-corrected chi connectivity index (χ0v) is 25.4. The lowest BCUT2D eigenvalue weighted by atomic mass is 10.1. The Morgan fingerprint density at radius 2 is 1.60 bits per heavy atom. The Morgan fingerprint density at radius 1 is 0.952 bits per heavy atom. The van der Waals surface area contributed by atoms with E-state index in [0.717, 1.165) is 41.1 Å². The number of para-hydroxylation sites is 1. The summed E-state index contributed by atoms with van der Waals surface area (Å²) in [5.41, 5.74) is 2.74. The van der Waals surface area contributed by atoms with Crippen molar-refractivity contribution >= 4 is 27.5 Å². The normalized spacial score (nSPS) is 14.4. The molecule has 0 saturated heterocycles. The molecular formula is C33H40FN3O4S. The lowest BCUT2D eigenvalue weighted by Crippen LogP contribution is -2.53. The van der Waals surface area contributed by atoms with Gasteiger partial charge in [0.1, 0.15) is 18.4 Å². The second kappa shape index (κ2) is 14.0. The molecule has 0 spiro atoms. The van der Waals surface area contributed by atoms with Gasteiger partial charge in [0.25, 0.3) is 10.0 Å². The van der Waals surface area contributed by atoms with E-state index in [1.54, 1.807) is 36.4 Å². The Kier molecular flexibility index (Phi) is 10.4. The highest BCUT2D eigenvalue weighted by molar-refractivity contribution is 7.92. The van der Waals surface area contributed by atoms with E-state index < -0.39 is 34.3 Å². The average Bonchev–Trinajstić information content (AvgIpc) is 3.50. The van der Waals surface area contributed by atoms with Crippen molar-refractivity contribution in [1.82, 2.24) is 10.2 Å². The number of nitrogens with one attached hydrogen (secondary N) is 1. The summed E-state index contributed by atoms with van der Waals surface area (Å²) in [7, 11) is -4.15. The summed E-state index contributed by atoms with van der Waals surface area (Å²) in [6.07, 6.45) is 4.77. The largest absolute Gasteiger partial charge is 0.352 e. The summed E-state index contributed by atoms with van der Waals surface area (Å²) in [5.74, 6) is -1.19. The Labute approximate surface area is 248 Å². The molecule has 1 fully saturated rings. The van der Waals surface area contributed by atoms with E-state index in [0.29, 0.717) is 24.1 Å². The van der Waals surface area contributed by atoms with Crippen molar-refractivity contribution < 1.29 is 22.4 Å². The van der Waals surface area contributed by atoms with E-state index >= 15 is 0 Å². The summed E-state index contributed by atoms with van der Waals surface area (Å²) in [6, 6.07) is 18.6. The van der Waals surface area contributed by atoms with E-state index in [9.17, 15) is 22.4 Å². The van der Waals surface area contributed by atoms with E-state index in [2.05, 4.69) is 5.32 Å². The Bertz CT molecular complexity index is 1470. The first kappa shape index (κ1) is 31.2. The van der Waals surface area contributed by atoms with E-state index in [1.165, 1.54) is 29.2 Å². The molecule has 2 amide bonds. The van der Waals surface area contributed by atoms with Crippen LogP contribution in [-0.2, 0) is 32.6 Å². The number of sulfonamides is 1. The van der Waals surface area contributed by atoms with Crippen LogP contribution in [0.3, 0.4) is 0 Å². The van der Waals surface area contributed by atoms with Crippen LogP contribution < -0.4 is 9.62 Å². The van der Waals surface area contributed by atoms with Crippen molar-refractivity contribution in [1.29, 1.82) is 0 Å². The molecule has 3 aromatic carbocycles. The van der Waals surface area contributed by atoms with Gasteiger partial charge in [-0.1, -0.05) is 74.7 Å². The van der Waals surface area contributed by atoms with Crippen molar-refractivity contribution in [2.75, 3.05) is 10.8 Å². The van der Waals surface area contributed by atoms with Gasteiger partial charge in [-0.05, 0) is 74.1 Å². The molecule has 0 unspecified atom stereocenters. The first-order chi connectivity index (χ1) is 20.1. The molecular weight excluding hydrogens is 553 g/mol. The number of benzene rings is 3. The molecule has 0 radical (unpaired) electrons. The number of anilines is 1. The van der Waals surface area contributed by atoms with Gasteiger partial charge in [-0.25, -0.2) is 12.8 Å². The molecule has 9 heteroatoms. The summed E-state index contributed by atoms with van der Waals surface area (Å²) in [5, 5.41) is 3.10. The number of carbonyl (C=O) groups excluding carboxylic acids is 2. The highest BCUT2D eigenvalue weighted by Crippen LogP contribution is 2.29. The maximum atomic E-state index is 14.2. The van der Waals surface area contributed by atoms with Crippen LogP contribution >= 0.6 is 0 Å². The van der Waals surface area contributed by atoms with Gasteiger partial charge >= 0.3 is 0 Å². The first-order valence-corrected chi connectivity index (χ1v) is 16.1. The molecule has 0 bridgehead atoms. The third-order valence-corrected chi connectivity index (χ3v) is 9.66. The van der Waals surface area contributed by atoms with Gasteiger partial charge in [0, 0.05) is 12.6 Å². The van der Waals surface area contributed by atoms with Crippen LogP contribution in [0.25, 0.3) is 0 Å². The molecule has 4 rings (SSSR count). The Morgan fingerprint density at radius 3 is 2.21 bits per heavy atom. The van der Waals surface area contributed by atoms with E-state index in [4.69, 9.17) is 0 Å². The number of rotatable bonds is 12. The molecule has 0 aliphatic heterocycles. The molecule has 1 aliphatic carbocycles. The van der Waals surface area contributed by atoms with Crippen LogP contribution in [0.4, 0.5) is 10.1 Å². The molecule has 224 valence electrons. The minimum atomic E-state index is -4.15. The van der Waals surface area contributed by atoms with Gasteiger partial charge in [-0.15, -0.1) is 0 Å². The molecule has 0 aromatic heterocycles. The SMILES string of the molecule is CCc1ccccc1N(CC(=O)N(Cc1ccc(F)cc1)[C@@H](CC)C(=O)NC1CCCC1)S(=O)(=O)c1ccc(C)cc1. The van der Waals surface area contributed by atoms with Crippen LogP contribution in [-0.4, -0.2) is 43.8 Å². The summed E-state index contributed by atoms with van der Waals surface area (Å²) in [4.78, 5) is 29.3. The topological polar surface area (TPSA) is 86.8 Å². The van der Waals surface area contributed by atoms with Gasteiger partial charge in [0.15, 0.2) is 0 Å². The molecule has 1 atom stereocenters. The third kappa shape index (κ3) is 7.37. The minimum Gasteiger partial charge on any atom is -0.352 e. The van der Waals surface area contributed by atoms with Gasteiger partial charge in [0.2, 0.25) is 11.8 Å². The summed E-state index contributed by atoms with van der Waals surface area (Å²) >= 11 is 0. The van der Waals surface area contributed by atoms with Crippen LogP contribution in [0.2, 0.25) is 0 Å². The highest BCUT2D eigenvalue weighted by atomic mass is 32.2. The van der Waals surface area contributed by atoms with Gasteiger partial charge in [0.05, 0.1) is 10.6 Å². The quantitative estimate of drug-likeness (QED) is 0.289. The van der Waals surface area contributed by atoms with Crippen molar-refractivity contribution in [3.8, 4) is 0 Å². The van der Waals surface area contributed by atoms with E-state index in [-0.39, 0.29) is 23.4 Å². The van der Waals surface area contributed by atoms with Gasteiger partial charge < -0.3 is 10.2 Å². The number of halogens is 1. The summed E-state index contributed by atoms with van der Waals surface area (Å²) < 4.78 is 43.1. The lowest BCUT2D eigenvalue weighted by molar-refractivity contribution is -0.140. The molecule has 1 aliphatic rings. The zero-order chi connectivity index (χ0) is 30.3. The van der Waals surface area contributed by atoms with E-state index in [1.807, 2.05) is 32.9 Å².